The highest BCUT2D eigenvalue weighted by Crippen LogP contribution is 2.37. The first-order chi connectivity index (χ1) is 18.5. The molecule has 1 aliphatic rings. The van der Waals surface area contributed by atoms with Crippen molar-refractivity contribution in [3.63, 3.8) is 0 Å². The molecule has 0 radical (unpaired) electrons. The van der Waals surface area contributed by atoms with Crippen LogP contribution in [0.5, 0.6) is 5.75 Å². The maximum Gasteiger partial charge on any atom is 0.269 e. The number of nitrogens with zero attached hydrogens (tertiary/aromatic N) is 2. The molecule has 0 atom stereocenters. The molecule has 0 amide bonds. The Morgan fingerprint density at radius 2 is 1.62 bits per heavy atom. The fourth-order valence-corrected chi connectivity index (χ4v) is 7.22. The second-order valence-electron chi connectivity index (χ2n) is 10.3. The van der Waals surface area contributed by atoms with Crippen molar-refractivity contribution in [2.24, 2.45) is 5.92 Å². The van der Waals surface area contributed by atoms with Gasteiger partial charge in [-0.05, 0) is 74.6 Å². The minimum atomic E-state index is -4.03. The Balaban J connectivity index is 1.78. The molecule has 0 saturated heterocycles. The summed E-state index contributed by atoms with van der Waals surface area (Å²) in [5, 5.41) is 0.632. The van der Waals surface area contributed by atoms with Crippen LogP contribution in [-0.4, -0.2) is 38.2 Å². The van der Waals surface area contributed by atoms with Gasteiger partial charge in [-0.15, -0.1) is 0 Å². The van der Waals surface area contributed by atoms with Gasteiger partial charge >= 0.3 is 0 Å². The van der Waals surface area contributed by atoms with Crippen molar-refractivity contribution in [3.05, 3.63) is 90.3 Å². The van der Waals surface area contributed by atoms with E-state index in [0.717, 1.165) is 36.8 Å². The Morgan fingerprint density at radius 1 is 0.949 bits per heavy atom. The van der Waals surface area contributed by atoms with Crippen LogP contribution in [0, 0.1) is 5.92 Å². The monoisotopic (exact) mass is 564 g/mol. The molecule has 1 aliphatic carbocycles. The smallest absolute Gasteiger partial charge is 0.269 e. The molecule has 0 aliphatic heterocycles. The van der Waals surface area contributed by atoms with E-state index in [9.17, 15) is 16.8 Å². The van der Waals surface area contributed by atoms with Crippen LogP contribution >= 0.6 is 0 Å². The minimum Gasteiger partial charge on any atom is -0.489 e. The molecule has 5 rings (SSSR count). The molecular weight excluding hydrogens is 532 g/mol. The van der Waals surface area contributed by atoms with E-state index < -0.39 is 19.9 Å². The van der Waals surface area contributed by atoms with Crippen LogP contribution in [-0.2, 0) is 19.9 Å². The Hall–Kier alpha value is -3.43. The van der Waals surface area contributed by atoms with Gasteiger partial charge < -0.3 is 4.74 Å². The first-order valence-electron chi connectivity index (χ1n) is 13.1. The second kappa shape index (κ2) is 10.6. The van der Waals surface area contributed by atoms with E-state index in [0.29, 0.717) is 22.5 Å². The molecule has 39 heavy (non-hydrogen) atoms. The van der Waals surface area contributed by atoms with Gasteiger partial charge in [0.25, 0.3) is 10.0 Å². The highest BCUT2D eigenvalue weighted by atomic mass is 32.2. The molecule has 4 aromatic rings. The van der Waals surface area contributed by atoms with Crippen molar-refractivity contribution < 1.29 is 21.6 Å². The van der Waals surface area contributed by atoms with Gasteiger partial charge in [-0.25, -0.2) is 25.8 Å². The fourth-order valence-electron chi connectivity index (χ4n) is 5.09. The zero-order valence-corrected chi connectivity index (χ0v) is 23.9. The van der Waals surface area contributed by atoms with Crippen LogP contribution in [0.2, 0.25) is 0 Å². The van der Waals surface area contributed by atoms with Gasteiger partial charge in [0.15, 0.2) is 15.5 Å². The van der Waals surface area contributed by atoms with Crippen molar-refractivity contribution in [1.82, 2.24) is 8.96 Å². The second-order valence-corrected chi connectivity index (χ2v) is 14.1. The van der Waals surface area contributed by atoms with Gasteiger partial charge in [-0.3, -0.25) is 0 Å². The van der Waals surface area contributed by atoms with Gasteiger partial charge in [-0.2, -0.15) is 0 Å². The first kappa shape index (κ1) is 27.1. The topological polar surface area (TPSA) is 95.3 Å². The Kier molecular flexibility index (Phi) is 7.39. The number of allylic oxidation sites excluding steroid dienone is 1. The van der Waals surface area contributed by atoms with Crippen LogP contribution in [0.4, 0.5) is 0 Å². The lowest BCUT2D eigenvalue weighted by molar-refractivity contribution is 0.242. The Labute approximate surface area is 230 Å². The highest BCUT2D eigenvalue weighted by Gasteiger charge is 2.27. The number of benzene rings is 2. The molecule has 7 nitrogen and oxygen atoms in total. The summed E-state index contributed by atoms with van der Waals surface area (Å²) in [6.45, 7) is 3.84. The van der Waals surface area contributed by atoms with E-state index in [1.807, 2.05) is 26.0 Å². The summed E-state index contributed by atoms with van der Waals surface area (Å²) in [5.74, 6) is 0.838. The number of pyridine rings is 1. The lowest BCUT2D eigenvalue weighted by Gasteiger charge is -2.16. The predicted octanol–water partition coefficient (Wildman–Crippen LogP) is 6.09. The standard InChI is InChI=1S/C30H32N2O5S2/c1-21(2)37-25-18-24-19-29(32(30(24)31-20-25)39(35,36)27-11-5-4-6-12-27)28(17-22-9-7-8-10-22)23-13-15-26(16-14-23)38(3,33)34/h4-6,11-22H,7-10H2,1-3H3/b28-17+. The molecule has 0 N–H and O–H groups in total. The SMILES string of the molecule is CC(C)Oc1cnc2c(c1)cc(/C(=C/C1CCCC1)c1ccc(S(C)(=O)=O)cc1)n2S(=O)(=O)c1ccccc1. The van der Waals surface area contributed by atoms with E-state index >= 15 is 0 Å². The molecular formula is C30H32N2O5S2. The average Bonchev–Trinajstić information content (AvgIpc) is 3.55. The molecule has 2 aromatic heterocycles. The molecule has 0 unspecified atom stereocenters. The maximum atomic E-state index is 14.1. The lowest BCUT2D eigenvalue weighted by atomic mass is 9.96. The van der Waals surface area contributed by atoms with Gasteiger partial charge in [0.1, 0.15) is 5.75 Å². The van der Waals surface area contributed by atoms with Crippen LogP contribution < -0.4 is 4.74 Å². The third kappa shape index (κ3) is 5.65. The number of rotatable bonds is 8. The summed E-state index contributed by atoms with van der Waals surface area (Å²) in [6.07, 6.45) is 9.05. The van der Waals surface area contributed by atoms with E-state index in [4.69, 9.17) is 4.74 Å². The van der Waals surface area contributed by atoms with Crippen molar-refractivity contribution in [3.8, 4) is 5.75 Å². The van der Waals surface area contributed by atoms with Crippen LogP contribution in [0.15, 0.2) is 88.8 Å². The van der Waals surface area contributed by atoms with E-state index in [-0.39, 0.29) is 21.8 Å². The quantitative estimate of drug-likeness (QED) is 0.257. The molecule has 1 fully saturated rings. The molecule has 1 saturated carbocycles. The van der Waals surface area contributed by atoms with E-state index in [1.165, 1.54) is 10.2 Å². The average molecular weight is 565 g/mol. The summed E-state index contributed by atoms with van der Waals surface area (Å²) in [4.78, 5) is 4.92. The van der Waals surface area contributed by atoms with Gasteiger partial charge in [0, 0.05) is 17.2 Å². The third-order valence-electron chi connectivity index (χ3n) is 6.90. The Bertz CT molecular complexity index is 1730. The van der Waals surface area contributed by atoms with Crippen molar-refractivity contribution >= 4 is 36.5 Å². The van der Waals surface area contributed by atoms with Crippen LogP contribution in [0.25, 0.3) is 16.6 Å². The minimum absolute atomic E-state index is 0.0648. The number of fused-ring (bicyclic) bond motifs is 1. The summed E-state index contributed by atoms with van der Waals surface area (Å²) >= 11 is 0. The van der Waals surface area contributed by atoms with Crippen molar-refractivity contribution in [2.45, 2.75) is 55.4 Å². The number of hydrogen-bond donors (Lipinski definition) is 0. The molecule has 9 heteroatoms. The van der Waals surface area contributed by atoms with E-state index in [2.05, 4.69) is 11.1 Å². The molecule has 0 spiro atoms. The van der Waals surface area contributed by atoms with Gasteiger partial charge in [0.05, 0.1) is 27.8 Å². The van der Waals surface area contributed by atoms with Crippen LogP contribution in [0.3, 0.4) is 0 Å². The number of ether oxygens (including phenoxy) is 1. The highest BCUT2D eigenvalue weighted by molar-refractivity contribution is 7.90. The number of sulfone groups is 1. The van der Waals surface area contributed by atoms with Crippen LogP contribution in [0.1, 0.15) is 50.8 Å². The van der Waals surface area contributed by atoms with E-state index in [1.54, 1.807) is 60.8 Å². The lowest BCUT2D eigenvalue weighted by Crippen LogP contribution is -2.16. The molecule has 2 aromatic carbocycles. The maximum absolute atomic E-state index is 14.1. The number of aromatic nitrogens is 2. The summed E-state index contributed by atoms with van der Waals surface area (Å²) in [6, 6.07) is 18.6. The zero-order valence-electron chi connectivity index (χ0n) is 22.2. The first-order valence-corrected chi connectivity index (χ1v) is 16.4. The predicted molar refractivity (Wildman–Crippen MR) is 153 cm³/mol. The number of hydrogen-bond acceptors (Lipinski definition) is 6. The largest absolute Gasteiger partial charge is 0.489 e. The molecule has 0 bridgehead atoms. The summed E-state index contributed by atoms with van der Waals surface area (Å²) in [7, 11) is -7.41. The summed E-state index contributed by atoms with van der Waals surface area (Å²) in [5.41, 5.74) is 2.24. The van der Waals surface area contributed by atoms with Gasteiger partial charge in [-0.1, -0.05) is 49.2 Å². The normalized spacial score (nSPS) is 15.3. The fraction of sp³-hybridized carbons (Fsp3) is 0.300. The summed E-state index contributed by atoms with van der Waals surface area (Å²) < 4.78 is 59.7. The molecule has 2 heterocycles. The third-order valence-corrected chi connectivity index (χ3v) is 9.74. The molecule has 204 valence electrons. The van der Waals surface area contributed by atoms with Gasteiger partial charge in [0.2, 0.25) is 0 Å². The van der Waals surface area contributed by atoms with Crippen molar-refractivity contribution in [1.29, 1.82) is 0 Å². The zero-order chi connectivity index (χ0) is 27.8. The Morgan fingerprint density at radius 3 is 2.23 bits per heavy atom. The van der Waals surface area contributed by atoms with Crippen molar-refractivity contribution in [2.75, 3.05) is 6.26 Å².